The number of ketones is 1. The summed E-state index contributed by atoms with van der Waals surface area (Å²) in [6, 6.07) is 0. The molecule has 0 aromatic heterocycles. The van der Waals surface area contributed by atoms with E-state index in [9.17, 15) is 9.59 Å². The summed E-state index contributed by atoms with van der Waals surface area (Å²) in [5.41, 5.74) is -0.148. The zero-order valence-corrected chi connectivity index (χ0v) is 9.85. The van der Waals surface area contributed by atoms with Gasteiger partial charge in [0.25, 0.3) is 0 Å². The largest absolute Gasteiger partial charge is 0.476 e. The van der Waals surface area contributed by atoms with E-state index in [-0.39, 0.29) is 22.3 Å². The van der Waals surface area contributed by atoms with Gasteiger partial charge in [0, 0.05) is 23.6 Å². The molecule has 4 nitrogen and oxygen atoms in total. The first-order valence-electron chi connectivity index (χ1n) is 4.36. The molecule has 0 fully saturated rings. The smallest absolute Gasteiger partial charge is 0.355 e. The first-order chi connectivity index (χ1) is 7.07. The van der Waals surface area contributed by atoms with Gasteiger partial charge in [-0.3, -0.25) is 9.79 Å². The summed E-state index contributed by atoms with van der Waals surface area (Å²) in [6.45, 7) is 1.72. The topological polar surface area (TPSA) is 66.7 Å². The predicted octanol–water partition coefficient (Wildman–Crippen LogP) is 1.24. The molecule has 1 unspecified atom stereocenters. The Labute approximate surface area is 97.3 Å². The molecule has 0 radical (unpaired) electrons. The lowest BCUT2D eigenvalue weighted by molar-refractivity contribution is -0.133. The van der Waals surface area contributed by atoms with Crippen LogP contribution in [-0.2, 0) is 9.59 Å². The van der Waals surface area contributed by atoms with E-state index in [1.165, 1.54) is 18.0 Å². The highest BCUT2D eigenvalue weighted by atomic mass is 32.2. The predicted molar refractivity (Wildman–Crippen MR) is 63.6 cm³/mol. The third kappa shape index (κ3) is 2.85. The molecule has 0 amide bonds. The van der Waals surface area contributed by atoms with Crippen molar-refractivity contribution in [2.75, 3.05) is 11.5 Å². The van der Waals surface area contributed by atoms with Crippen LogP contribution in [0.25, 0.3) is 0 Å². The molecule has 82 valence electrons. The van der Waals surface area contributed by atoms with Gasteiger partial charge in [0.1, 0.15) is 0 Å². The van der Waals surface area contributed by atoms with Crippen LogP contribution in [0.4, 0.5) is 0 Å². The van der Waals surface area contributed by atoms with Crippen LogP contribution in [0.2, 0.25) is 0 Å². The molecule has 1 rings (SSSR count). The molecular formula is C9H11NO3S2. The number of aliphatic imine (C=N–C) groups is 1. The Morgan fingerprint density at radius 3 is 2.93 bits per heavy atom. The maximum Gasteiger partial charge on any atom is 0.355 e. The number of aliphatic carboxylic acids is 1. The van der Waals surface area contributed by atoms with Gasteiger partial charge in [-0.05, 0) is 0 Å². The van der Waals surface area contributed by atoms with E-state index in [1.54, 1.807) is 6.92 Å². The first kappa shape index (κ1) is 12.3. The molecule has 1 aliphatic rings. The average molecular weight is 245 g/mol. The number of carboxylic acid groups (broad SMARTS) is 1. The zero-order valence-electron chi connectivity index (χ0n) is 8.14. The quantitative estimate of drug-likeness (QED) is 0.731. The summed E-state index contributed by atoms with van der Waals surface area (Å²) in [5, 5.41) is 8.86. The summed E-state index contributed by atoms with van der Waals surface area (Å²) >= 11 is 5.23. The van der Waals surface area contributed by atoms with Gasteiger partial charge in [0.15, 0.2) is 11.5 Å². The van der Waals surface area contributed by atoms with Crippen molar-refractivity contribution in [2.24, 2.45) is 10.9 Å². The first-order valence-corrected chi connectivity index (χ1v) is 5.97. The minimum absolute atomic E-state index is 0.148. The van der Waals surface area contributed by atoms with Crippen molar-refractivity contribution < 1.29 is 14.7 Å². The number of hydrogen-bond acceptors (Lipinski definition) is 5. The number of thiol groups is 1. The maximum atomic E-state index is 11.8. The van der Waals surface area contributed by atoms with Crippen LogP contribution in [0, 0.1) is 5.92 Å². The SMILES string of the molecule is CC(CS)C(=O)C1=C(C(=O)O)N=CCS1. The highest BCUT2D eigenvalue weighted by Gasteiger charge is 2.25. The van der Waals surface area contributed by atoms with Crippen molar-refractivity contribution in [1.29, 1.82) is 0 Å². The molecule has 0 saturated heterocycles. The van der Waals surface area contributed by atoms with Crippen LogP contribution >= 0.6 is 24.4 Å². The Kier molecular flexibility index (Phi) is 4.41. The fourth-order valence-corrected chi connectivity index (χ4v) is 2.12. The number of allylic oxidation sites excluding steroid dienone is 1. The molecule has 1 aliphatic heterocycles. The van der Waals surface area contributed by atoms with Crippen molar-refractivity contribution in [3.05, 3.63) is 10.6 Å². The Hall–Kier alpha value is -0.750. The Morgan fingerprint density at radius 1 is 1.73 bits per heavy atom. The van der Waals surface area contributed by atoms with Gasteiger partial charge in [0.2, 0.25) is 0 Å². The monoisotopic (exact) mass is 245 g/mol. The second-order valence-electron chi connectivity index (χ2n) is 3.05. The molecule has 0 bridgehead atoms. The van der Waals surface area contributed by atoms with Gasteiger partial charge in [-0.2, -0.15) is 12.6 Å². The normalized spacial score (nSPS) is 17.7. The zero-order chi connectivity index (χ0) is 11.4. The molecule has 0 aromatic carbocycles. The lowest BCUT2D eigenvalue weighted by Gasteiger charge is -2.13. The number of rotatable bonds is 4. The standard InChI is InChI=1S/C9H11NO3S2/c1-5(4-14)7(11)8-6(9(12)13)10-2-3-15-8/h2,5,14H,3-4H2,1H3,(H,12,13). The number of nitrogens with zero attached hydrogens (tertiary/aromatic N) is 1. The molecule has 0 aromatic rings. The third-order valence-corrected chi connectivity index (χ3v) is 3.43. The van der Waals surface area contributed by atoms with Crippen LogP contribution in [0.1, 0.15) is 6.92 Å². The summed E-state index contributed by atoms with van der Waals surface area (Å²) in [6.07, 6.45) is 1.50. The lowest BCUT2D eigenvalue weighted by Crippen LogP contribution is -2.19. The highest BCUT2D eigenvalue weighted by molar-refractivity contribution is 8.04. The van der Waals surface area contributed by atoms with Crippen LogP contribution in [0.15, 0.2) is 15.6 Å². The van der Waals surface area contributed by atoms with Crippen LogP contribution in [0.3, 0.4) is 0 Å². The van der Waals surface area contributed by atoms with Crippen LogP contribution in [0.5, 0.6) is 0 Å². The van der Waals surface area contributed by atoms with Crippen molar-refractivity contribution in [1.82, 2.24) is 0 Å². The summed E-state index contributed by atoms with van der Waals surface area (Å²) in [5.74, 6) is -0.688. The number of Topliss-reactive ketones (excluding diaryl/α,β-unsaturated/α-hetero) is 1. The summed E-state index contributed by atoms with van der Waals surface area (Å²) in [7, 11) is 0. The van der Waals surface area contributed by atoms with Gasteiger partial charge >= 0.3 is 5.97 Å². The van der Waals surface area contributed by atoms with Crippen LogP contribution in [-0.4, -0.2) is 34.6 Å². The van der Waals surface area contributed by atoms with Crippen molar-refractivity contribution in [3.63, 3.8) is 0 Å². The highest BCUT2D eigenvalue weighted by Crippen LogP contribution is 2.27. The minimum Gasteiger partial charge on any atom is -0.476 e. The third-order valence-electron chi connectivity index (χ3n) is 1.89. The fraction of sp³-hybridized carbons (Fsp3) is 0.444. The maximum absolute atomic E-state index is 11.8. The van der Waals surface area contributed by atoms with E-state index in [2.05, 4.69) is 17.6 Å². The number of carbonyl (C=O) groups excluding carboxylic acids is 1. The second kappa shape index (κ2) is 5.37. The Balaban J connectivity index is 3.03. The van der Waals surface area contributed by atoms with Crippen molar-refractivity contribution in [2.45, 2.75) is 6.92 Å². The lowest BCUT2D eigenvalue weighted by atomic mass is 10.1. The molecule has 15 heavy (non-hydrogen) atoms. The van der Waals surface area contributed by atoms with Crippen molar-refractivity contribution >= 4 is 42.4 Å². The van der Waals surface area contributed by atoms with Gasteiger partial charge in [0.05, 0.1) is 4.91 Å². The summed E-state index contributed by atoms with van der Waals surface area (Å²) in [4.78, 5) is 26.6. The van der Waals surface area contributed by atoms with E-state index >= 15 is 0 Å². The van der Waals surface area contributed by atoms with Crippen LogP contribution < -0.4 is 0 Å². The molecule has 0 aliphatic carbocycles. The Morgan fingerprint density at radius 2 is 2.40 bits per heavy atom. The molecule has 1 atom stereocenters. The number of carboxylic acids is 1. The van der Waals surface area contributed by atoms with Gasteiger partial charge in [-0.15, -0.1) is 11.8 Å². The summed E-state index contributed by atoms with van der Waals surface area (Å²) < 4.78 is 0. The average Bonchev–Trinajstić information content (AvgIpc) is 2.27. The van der Waals surface area contributed by atoms with E-state index in [4.69, 9.17) is 5.11 Å². The molecule has 6 heteroatoms. The molecular weight excluding hydrogens is 234 g/mol. The number of hydrogen-bond donors (Lipinski definition) is 2. The number of carbonyl (C=O) groups is 2. The molecule has 1 heterocycles. The molecule has 0 spiro atoms. The second-order valence-corrected chi connectivity index (χ2v) is 4.45. The Bertz CT molecular complexity index is 349. The van der Waals surface area contributed by atoms with E-state index in [0.29, 0.717) is 11.5 Å². The molecule has 0 saturated carbocycles. The van der Waals surface area contributed by atoms with E-state index < -0.39 is 5.97 Å². The van der Waals surface area contributed by atoms with E-state index in [0.717, 1.165) is 0 Å². The fourth-order valence-electron chi connectivity index (χ4n) is 1.02. The number of thioether (sulfide) groups is 1. The van der Waals surface area contributed by atoms with Gasteiger partial charge < -0.3 is 5.11 Å². The van der Waals surface area contributed by atoms with Gasteiger partial charge in [-0.1, -0.05) is 6.92 Å². The van der Waals surface area contributed by atoms with Crippen molar-refractivity contribution in [3.8, 4) is 0 Å². The van der Waals surface area contributed by atoms with Gasteiger partial charge in [-0.25, -0.2) is 4.79 Å². The van der Waals surface area contributed by atoms with E-state index in [1.807, 2.05) is 0 Å². The minimum atomic E-state index is -1.16. The molecule has 1 N–H and O–H groups in total.